The smallest absolute Gasteiger partial charge is 0.208 e. The van der Waals surface area contributed by atoms with E-state index in [-0.39, 0.29) is 13.2 Å². The first-order valence-electron chi connectivity index (χ1n) is 2.59. The quantitative estimate of drug-likeness (QED) is 0.544. The molecule has 0 fully saturated rings. The fourth-order valence-corrected chi connectivity index (χ4v) is 0.845. The Morgan fingerprint density at radius 1 is 1.44 bits per heavy atom. The summed E-state index contributed by atoms with van der Waals surface area (Å²) in [5.74, 6) is 0. The van der Waals surface area contributed by atoms with E-state index in [9.17, 15) is 13.5 Å². The first kappa shape index (κ1) is 8.87. The van der Waals surface area contributed by atoms with Crippen LogP contribution in [-0.2, 0) is 15.1 Å². The highest BCUT2D eigenvalue weighted by atomic mass is 32.2. The number of hydrogen-bond acceptors (Lipinski definition) is 2. The molecule has 0 bridgehead atoms. The Bertz CT molecular complexity index is 151. The molecular formula is C4H10NO3S. The molecule has 9 heavy (non-hydrogen) atoms. The molecule has 0 heterocycles. The van der Waals surface area contributed by atoms with Crippen molar-refractivity contribution in [1.82, 2.24) is 4.72 Å². The molecule has 0 aliphatic carbocycles. The van der Waals surface area contributed by atoms with Crippen molar-refractivity contribution in [1.29, 1.82) is 0 Å². The Balaban J connectivity index is 3.30. The number of nitrogens with one attached hydrogen (secondary N) is 1. The van der Waals surface area contributed by atoms with Crippen LogP contribution >= 0.6 is 0 Å². The van der Waals surface area contributed by atoms with Crippen LogP contribution in [-0.4, -0.2) is 27.8 Å². The van der Waals surface area contributed by atoms with Gasteiger partial charge < -0.3 is 0 Å². The van der Waals surface area contributed by atoms with E-state index in [1.54, 1.807) is 0 Å². The average molecular weight is 152 g/mol. The molecule has 1 N–H and O–H groups in total. The van der Waals surface area contributed by atoms with Gasteiger partial charge in [0.2, 0.25) is 10.0 Å². The zero-order valence-corrected chi connectivity index (χ0v) is 6.07. The maximum absolute atomic E-state index is 10.3. The molecule has 0 aromatic rings. The molecule has 4 nitrogen and oxygen atoms in total. The third-order valence-electron chi connectivity index (χ3n) is 0.685. The molecule has 0 saturated carbocycles. The molecule has 0 atom stereocenters. The van der Waals surface area contributed by atoms with Crippen LogP contribution in [0.2, 0.25) is 0 Å². The lowest BCUT2D eigenvalue weighted by Crippen LogP contribution is -2.23. The van der Waals surface area contributed by atoms with E-state index < -0.39 is 10.0 Å². The van der Waals surface area contributed by atoms with Crippen molar-refractivity contribution in [2.45, 2.75) is 6.42 Å². The largest absolute Gasteiger partial charge is 0.237 e. The summed E-state index contributed by atoms with van der Waals surface area (Å²) in [7, 11) is -3.09. The maximum atomic E-state index is 10.3. The molecule has 0 unspecified atom stereocenters. The van der Waals surface area contributed by atoms with Crippen molar-refractivity contribution in [2.75, 3.05) is 19.4 Å². The van der Waals surface area contributed by atoms with Crippen LogP contribution in [0.3, 0.4) is 0 Å². The monoisotopic (exact) mass is 152 g/mol. The molecule has 5 heteroatoms. The molecule has 0 rings (SSSR count). The van der Waals surface area contributed by atoms with Gasteiger partial charge in [0.25, 0.3) is 0 Å². The summed E-state index contributed by atoms with van der Waals surface area (Å²) in [4.78, 5) is 0. The Kier molecular flexibility index (Phi) is 3.76. The lowest BCUT2D eigenvalue weighted by molar-refractivity contribution is 0.190. The molecule has 0 amide bonds. The van der Waals surface area contributed by atoms with Crippen LogP contribution in [0.25, 0.3) is 0 Å². The minimum absolute atomic E-state index is 0.234. The summed E-state index contributed by atoms with van der Waals surface area (Å²) in [6.45, 7) is 0.0187. The fourth-order valence-electron chi connectivity index (χ4n) is 0.330. The van der Waals surface area contributed by atoms with Crippen LogP contribution in [0.4, 0.5) is 0 Å². The summed E-state index contributed by atoms with van der Waals surface area (Å²) in [6.07, 6.45) is 1.42. The molecule has 0 saturated heterocycles. The van der Waals surface area contributed by atoms with Gasteiger partial charge in [-0.1, -0.05) is 0 Å². The summed E-state index contributed by atoms with van der Waals surface area (Å²) >= 11 is 0. The molecular weight excluding hydrogens is 142 g/mol. The standard InChI is InChI=1S/C4H10NO3S/c1-9(7,8)5-3-2-4-6/h5H,2-4H2,1H3. The predicted octanol–water partition coefficient (Wildman–Crippen LogP) is -0.644. The molecule has 0 aliphatic heterocycles. The highest BCUT2D eigenvalue weighted by Crippen LogP contribution is 1.76. The van der Waals surface area contributed by atoms with Gasteiger partial charge in [0.15, 0.2) is 0 Å². The van der Waals surface area contributed by atoms with Crippen LogP contribution in [0, 0.1) is 0 Å². The fraction of sp³-hybridized carbons (Fsp3) is 1.00. The van der Waals surface area contributed by atoms with Gasteiger partial charge in [0, 0.05) is 6.54 Å². The SMILES string of the molecule is CS(=O)(=O)NCCC[O]. The number of hydrogen-bond donors (Lipinski definition) is 1. The summed E-state index contributed by atoms with van der Waals surface area (Å²) in [5, 5.41) is 9.78. The second kappa shape index (κ2) is 3.81. The highest BCUT2D eigenvalue weighted by Gasteiger charge is 1.96. The number of rotatable bonds is 4. The van der Waals surface area contributed by atoms with Crippen LogP contribution < -0.4 is 4.72 Å². The Labute approximate surface area is 54.9 Å². The van der Waals surface area contributed by atoms with Gasteiger partial charge in [-0.2, -0.15) is 0 Å². The summed E-state index contributed by atoms with van der Waals surface area (Å²) in [5.41, 5.74) is 0. The highest BCUT2D eigenvalue weighted by molar-refractivity contribution is 7.88. The molecule has 0 aromatic heterocycles. The second-order valence-corrected chi connectivity index (χ2v) is 3.56. The Morgan fingerprint density at radius 2 is 2.00 bits per heavy atom. The van der Waals surface area contributed by atoms with Crippen molar-refractivity contribution in [2.24, 2.45) is 0 Å². The number of sulfonamides is 1. The topological polar surface area (TPSA) is 66.1 Å². The van der Waals surface area contributed by atoms with E-state index in [4.69, 9.17) is 0 Å². The maximum Gasteiger partial charge on any atom is 0.208 e. The van der Waals surface area contributed by atoms with Gasteiger partial charge in [0.05, 0.1) is 12.9 Å². The third-order valence-corrected chi connectivity index (χ3v) is 1.41. The zero-order chi connectivity index (χ0) is 7.33. The lowest BCUT2D eigenvalue weighted by atomic mass is 10.5. The van der Waals surface area contributed by atoms with E-state index in [2.05, 4.69) is 4.72 Å². The summed E-state index contributed by atoms with van der Waals surface area (Å²) in [6, 6.07) is 0. The van der Waals surface area contributed by atoms with Gasteiger partial charge in [-0.3, -0.25) is 0 Å². The van der Waals surface area contributed by atoms with Gasteiger partial charge in [-0.15, -0.1) is 0 Å². The predicted molar refractivity (Wildman–Crippen MR) is 33.0 cm³/mol. The first-order chi connectivity index (χ1) is 4.06. The Hall–Kier alpha value is -0.130. The van der Waals surface area contributed by atoms with E-state index in [0.717, 1.165) is 6.26 Å². The summed E-state index contributed by atoms with van der Waals surface area (Å²) < 4.78 is 22.8. The van der Waals surface area contributed by atoms with Crippen molar-refractivity contribution >= 4 is 10.0 Å². The van der Waals surface area contributed by atoms with E-state index in [1.807, 2.05) is 0 Å². The minimum atomic E-state index is -3.09. The lowest BCUT2D eigenvalue weighted by Gasteiger charge is -1.96. The second-order valence-electron chi connectivity index (χ2n) is 1.72. The zero-order valence-electron chi connectivity index (χ0n) is 5.25. The van der Waals surface area contributed by atoms with Gasteiger partial charge in [-0.05, 0) is 6.42 Å². The van der Waals surface area contributed by atoms with Crippen LogP contribution in [0.1, 0.15) is 6.42 Å². The van der Waals surface area contributed by atoms with Gasteiger partial charge in [0.1, 0.15) is 0 Å². The van der Waals surface area contributed by atoms with Gasteiger partial charge >= 0.3 is 0 Å². The van der Waals surface area contributed by atoms with Crippen molar-refractivity contribution in [3.8, 4) is 0 Å². The van der Waals surface area contributed by atoms with E-state index >= 15 is 0 Å². The van der Waals surface area contributed by atoms with Crippen molar-refractivity contribution in [3.05, 3.63) is 0 Å². The van der Waals surface area contributed by atoms with E-state index in [1.165, 1.54) is 0 Å². The van der Waals surface area contributed by atoms with Crippen LogP contribution in [0.15, 0.2) is 0 Å². The Morgan fingerprint density at radius 3 is 2.33 bits per heavy atom. The van der Waals surface area contributed by atoms with Crippen LogP contribution in [0.5, 0.6) is 0 Å². The molecule has 0 aromatic carbocycles. The molecule has 0 spiro atoms. The normalized spacial score (nSPS) is 11.8. The van der Waals surface area contributed by atoms with Crippen molar-refractivity contribution < 1.29 is 13.5 Å². The van der Waals surface area contributed by atoms with Gasteiger partial charge in [-0.25, -0.2) is 18.2 Å². The average Bonchev–Trinajstić information content (AvgIpc) is 1.63. The van der Waals surface area contributed by atoms with Crippen molar-refractivity contribution in [3.63, 3.8) is 0 Å². The minimum Gasteiger partial charge on any atom is -0.237 e. The molecule has 0 aliphatic rings. The third kappa shape index (κ3) is 7.87. The first-order valence-corrected chi connectivity index (χ1v) is 4.48. The van der Waals surface area contributed by atoms with E-state index in [0.29, 0.717) is 6.42 Å². The molecule has 1 radical (unpaired) electrons. The molecule has 55 valence electrons.